The molecule has 4 nitrogen and oxygen atoms in total. The van der Waals surface area contributed by atoms with Crippen molar-refractivity contribution >= 4 is 27.4 Å². The quantitative estimate of drug-likeness (QED) is 0.394. The number of hydrogen-bond donors (Lipinski definition) is 1. The van der Waals surface area contributed by atoms with E-state index in [9.17, 15) is 0 Å². The molecule has 152 valence electrons. The first-order valence-corrected chi connectivity index (χ1v) is 11.6. The highest BCUT2D eigenvalue weighted by atomic mass is 32.1. The summed E-state index contributed by atoms with van der Waals surface area (Å²) in [4.78, 5) is 16.7. The van der Waals surface area contributed by atoms with Gasteiger partial charge in [-0.3, -0.25) is 4.98 Å². The summed E-state index contributed by atoms with van der Waals surface area (Å²) in [5.74, 6) is 1.78. The van der Waals surface area contributed by atoms with Gasteiger partial charge in [-0.05, 0) is 74.3 Å². The molecule has 3 aromatic heterocycles. The van der Waals surface area contributed by atoms with Crippen molar-refractivity contribution in [1.29, 1.82) is 0 Å². The number of nitrogens with zero attached hydrogens (tertiary/aromatic N) is 3. The van der Waals surface area contributed by atoms with Gasteiger partial charge in [-0.15, -0.1) is 11.3 Å². The van der Waals surface area contributed by atoms with Crippen molar-refractivity contribution in [1.82, 2.24) is 15.0 Å². The number of nitrogens with one attached hydrogen (secondary N) is 1. The molecule has 0 bridgehead atoms. The Morgan fingerprint density at radius 1 is 1.00 bits per heavy atom. The summed E-state index contributed by atoms with van der Waals surface area (Å²) in [5, 5.41) is 4.92. The fraction of sp³-hybridized carbons (Fsp3) is 0.320. The van der Waals surface area contributed by atoms with Gasteiger partial charge in [-0.2, -0.15) is 0 Å². The number of aromatic nitrogens is 3. The molecule has 0 radical (unpaired) electrons. The number of anilines is 1. The first-order chi connectivity index (χ1) is 14.8. The monoisotopic (exact) mass is 414 g/mol. The van der Waals surface area contributed by atoms with Crippen LogP contribution in [0.1, 0.15) is 40.8 Å². The zero-order chi connectivity index (χ0) is 20.3. The smallest absolute Gasteiger partial charge is 0.163 e. The van der Waals surface area contributed by atoms with Crippen molar-refractivity contribution < 1.29 is 0 Å². The molecule has 0 unspecified atom stereocenters. The molecule has 0 fully saturated rings. The van der Waals surface area contributed by atoms with Crippen molar-refractivity contribution in [3.8, 4) is 11.4 Å². The van der Waals surface area contributed by atoms with E-state index in [4.69, 9.17) is 9.97 Å². The average Bonchev–Trinajstić information content (AvgIpc) is 3.17. The van der Waals surface area contributed by atoms with E-state index in [-0.39, 0.29) is 0 Å². The zero-order valence-electron chi connectivity index (χ0n) is 17.3. The molecular formula is C25H26N4S. The van der Waals surface area contributed by atoms with E-state index in [2.05, 4.69) is 41.5 Å². The summed E-state index contributed by atoms with van der Waals surface area (Å²) in [5.41, 5.74) is 5.29. The highest BCUT2D eigenvalue weighted by Crippen LogP contribution is 2.39. The van der Waals surface area contributed by atoms with E-state index in [1.165, 1.54) is 46.2 Å². The molecule has 0 atom stereocenters. The zero-order valence-corrected chi connectivity index (χ0v) is 18.1. The van der Waals surface area contributed by atoms with Crippen LogP contribution >= 0.6 is 11.3 Å². The lowest BCUT2D eigenvalue weighted by atomic mass is 9.97. The van der Waals surface area contributed by atoms with Crippen LogP contribution in [0.3, 0.4) is 0 Å². The fourth-order valence-electron chi connectivity index (χ4n) is 4.29. The molecule has 0 aliphatic heterocycles. The van der Waals surface area contributed by atoms with Crippen molar-refractivity contribution in [2.24, 2.45) is 0 Å². The third kappa shape index (κ3) is 3.82. The van der Waals surface area contributed by atoms with Crippen molar-refractivity contribution in [3.05, 3.63) is 70.4 Å². The molecule has 5 heteroatoms. The SMILES string of the molecule is Cc1ccccc1CCCNc1nc(-c2ccncc2)nc2sc3c(c12)CCCC3. The van der Waals surface area contributed by atoms with Gasteiger partial charge in [0.05, 0.1) is 5.39 Å². The Morgan fingerprint density at radius 2 is 1.83 bits per heavy atom. The van der Waals surface area contributed by atoms with E-state index < -0.39 is 0 Å². The van der Waals surface area contributed by atoms with Crippen molar-refractivity contribution in [2.45, 2.75) is 45.4 Å². The van der Waals surface area contributed by atoms with Gasteiger partial charge in [0.25, 0.3) is 0 Å². The summed E-state index contributed by atoms with van der Waals surface area (Å²) in [6.45, 7) is 3.09. The van der Waals surface area contributed by atoms with Gasteiger partial charge in [0.2, 0.25) is 0 Å². The topological polar surface area (TPSA) is 50.7 Å². The Kier molecular flexibility index (Phi) is 5.45. The minimum absolute atomic E-state index is 0.782. The second-order valence-electron chi connectivity index (χ2n) is 7.98. The van der Waals surface area contributed by atoms with Crippen molar-refractivity contribution in [3.63, 3.8) is 0 Å². The molecule has 5 rings (SSSR count). The van der Waals surface area contributed by atoms with Crippen LogP contribution in [0.2, 0.25) is 0 Å². The second-order valence-corrected chi connectivity index (χ2v) is 9.06. The predicted molar refractivity (Wildman–Crippen MR) is 125 cm³/mol. The molecule has 3 heterocycles. The van der Waals surface area contributed by atoms with Gasteiger partial charge in [0, 0.05) is 29.4 Å². The number of hydrogen-bond acceptors (Lipinski definition) is 5. The molecule has 0 saturated carbocycles. The Balaban J connectivity index is 1.44. The van der Waals surface area contributed by atoms with Crippen LogP contribution in [0.5, 0.6) is 0 Å². The minimum atomic E-state index is 0.782. The molecule has 0 spiro atoms. The van der Waals surface area contributed by atoms with E-state index >= 15 is 0 Å². The van der Waals surface area contributed by atoms with Gasteiger partial charge in [-0.25, -0.2) is 9.97 Å². The molecule has 1 N–H and O–H groups in total. The van der Waals surface area contributed by atoms with Crippen LogP contribution in [0, 0.1) is 6.92 Å². The highest BCUT2D eigenvalue weighted by molar-refractivity contribution is 7.19. The van der Waals surface area contributed by atoms with Gasteiger partial charge in [-0.1, -0.05) is 24.3 Å². The molecule has 1 aliphatic rings. The van der Waals surface area contributed by atoms with E-state index in [1.54, 1.807) is 12.4 Å². The summed E-state index contributed by atoms with van der Waals surface area (Å²) in [6.07, 6.45) is 10.6. The summed E-state index contributed by atoms with van der Waals surface area (Å²) >= 11 is 1.85. The highest BCUT2D eigenvalue weighted by Gasteiger charge is 2.21. The minimum Gasteiger partial charge on any atom is -0.369 e. The molecule has 0 saturated heterocycles. The molecular weight excluding hydrogens is 388 g/mol. The lowest BCUT2D eigenvalue weighted by Crippen LogP contribution is -2.08. The summed E-state index contributed by atoms with van der Waals surface area (Å²) in [7, 11) is 0. The lowest BCUT2D eigenvalue weighted by Gasteiger charge is -2.13. The van der Waals surface area contributed by atoms with Crippen LogP contribution in [-0.2, 0) is 19.3 Å². The Bertz CT molecular complexity index is 1170. The van der Waals surface area contributed by atoms with Gasteiger partial charge >= 0.3 is 0 Å². The third-order valence-electron chi connectivity index (χ3n) is 5.93. The van der Waals surface area contributed by atoms with E-state index in [0.29, 0.717) is 0 Å². The Hall–Kier alpha value is -2.79. The van der Waals surface area contributed by atoms with Gasteiger partial charge in [0.1, 0.15) is 10.6 Å². The van der Waals surface area contributed by atoms with Gasteiger partial charge < -0.3 is 5.32 Å². The number of pyridine rings is 1. The van der Waals surface area contributed by atoms with Crippen LogP contribution in [-0.4, -0.2) is 21.5 Å². The maximum Gasteiger partial charge on any atom is 0.163 e. The maximum absolute atomic E-state index is 4.97. The average molecular weight is 415 g/mol. The van der Waals surface area contributed by atoms with E-state index in [1.807, 2.05) is 23.5 Å². The third-order valence-corrected chi connectivity index (χ3v) is 7.12. The molecule has 1 aliphatic carbocycles. The van der Waals surface area contributed by atoms with Gasteiger partial charge in [0.15, 0.2) is 5.82 Å². The van der Waals surface area contributed by atoms with Crippen LogP contribution in [0.15, 0.2) is 48.8 Å². The largest absolute Gasteiger partial charge is 0.369 e. The molecule has 4 aromatic rings. The second kappa shape index (κ2) is 8.52. The summed E-state index contributed by atoms with van der Waals surface area (Å²) in [6, 6.07) is 12.6. The maximum atomic E-state index is 4.97. The predicted octanol–water partition coefficient (Wildman–Crippen LogP) is 5.99. The Morgan fingerprint density at radius 3 is 2.70 bits per heavy atom. The first kappa shape index (κ1) is 19.2. The van der Waals surface area contributed by atoms with E-state index in [0.717, 1.165) is 47.8 Å². The number of rotatable bonds is 6. The van der Waals surface area contributed by atoms with Crippen molar-refractivity contribution in [2.75, 3.05) is 11.9 Å². The number of fused-ring (bicyclic) bond motifs is 3. The molecule has 0 amide bonds. The lowest BCUT2D eigenvalue weighted by molar-refractivity contribution is 0.700. The standard InChI is InChI=1S/C25H26N4S/c1-17-7-2-3-8-18(17)9-6-14-27-24-22-20-10-4-5-11-21(20)30-25(22)29-23(28-24)19-12-15-26-16-13-19/h2-3,7-8,12-13,15-16H,4-6,9-11,14H2,1H3,(H,27,28,29). The fourth-order valence-corrected chi connectivity index (χ4v) is 5.55. The number of benzene rings is 1. The first-order valence-electron chi connectivity index (χ1n) is 10.8. The van der Waals surface area contributed by atoms with Crippen LogP contribution in [0.25, 0.3) is 21.6 Å². The number of thiophene rings is 1. The molecule has 30 heavy (non-hydrogen) atoms. The van der Waals surface area contributed by atoms with Crippen LogP contribution < -0.4 is 5.32 Å². The van der Waals surface area contributed by atoms with Crippen LogP contribution in [0.4, 0.5) is 5.82 Å². The normalized spacial score (nSPS) is 13.4. The summed E-state index contributed by atoms with van der Waals surface area (Å²) < 4.78 is 0. The number of aryl methyl sites for hydroxylation is 4. The molecule has 1 aromatic carbocycles. The Labute approximate surface area is 181 Å².